The summed E-state index contributed by atoms with van der Waals surface area (Å²) in [6.07, 6.45) is 5.69. The fourth-order valence-electron chi connectivity index (χ4n) is 4.14. The topological polar surface area (TPSA) is 48.0 Å². The Morgan fingerprint density at radius 2 is 1.72 bits per heavy atom. The van der Waals surface area contributed by atoms with Crippen LogP contribution >= 0.6 is 0 Å². The van der Waals surface area contributed by atoms with Crippen LogP contribution in [0.15, 0.2) is 30.3 Å². The molecule has 0 N–H and O–H groups in total. The molecule has 5 nitrogen and oxygen atoms in total. The number of rotatable bonds is 4. The molecule has 1 atom stereocenters. The lowest BCUT2D eigenvalue weighted by Crippen LogP contribution is -2.49. The summed E-state index contributed by atoms with van der Waals surface area (Å²) >= 11 is 0. The SMILES string of the molecule is O=C([C@@H](OC1CCCC1)c1ccccc1)N1CCC2(CC1)OCCO2. The first-order valence-electron chi connectivity index (χ1n) is 9.53. The van der Waals surface area contributed by atoms with Crippen molar-refractivity contribution in [1.29, 1.82) is 0 Å². The molecule has 4 rings (SSSR count). The van der Waals surface area contributed by atoms with E-state index in [9.17, 15) is 4.79 Å². The zero-order chi connectivity index (χ0) is 17.1. The van der Waals surface area contributed by atoms with Gasteiger partial charge in [-0.15, -0.1) is 0 Å². The van der Waals surface area contributed by atoms with Crippen LogP contribution in [0.4, 0.5) is 0 Å². The van der Waals surface area contributed by atoms with E-state index in [2.05, 4.69) is 0 Å². The van der Waals surface area contributed by atoms with Gasteiger partial charge in [-0.3, -0.25) is 4.79 Å². The molecule has 0 radical (unpaired) electrons. The minimum Gasteiger partial charge on any atom is -0.360 e. The van der Waals surface area contributed by atoms with Crippen LogP contribution in [0.1, 0.15) is 50.2 Å². The fourth-order valence-corrected chi connectivity index (χ4v) is 4.14. The van der Waals surface area contributed by atoms with Gasteiger partial charge in [0.05, 0.1) is 19.3 Å². The van der Waals surface area contributed by atoms with Crippen molar-refractivity contribution in [3.8, 4) is 0 Å². The summed E-state index contributed by atoms with van der Waals surface area (Å²) in [6, 6.07) is 9.90. The molecule has 2 heterocycles. The molecule has 1 aromatic rings. The molecule has 25 heavy (non-hydrogen) atoms. The molecule has 136 valence electrons. The molecule has 0 bridgehead atoms. The van der Waals surface area contributed by atoms with Gasteiger partial charge in [-0.2, -0.15) is 0 Å². The van der Waals surface area contributed by atoms with Crippen LogP contribution in [-0.2, 0) is 19.0 Å². The van der Waals surface area contributed by atoms with E-state index >= 15 is 0 Å². The molecule has 0 aromatic heterocycles. The number of carbonyl (C=O) groups is 1. The van der Waals surface area contributed by atoms with E-state index < -0.39 is 11.9 Å². The third-order valence-electron chi connectivity index (χ3n) is 5.61. The smallest absolute Gasteiger partial charge is 0.256 e. The summed E-state index contributed by atoms with van der Waals surface area (Å²) in [5, 5.41) is 0. The first-order valence-corrected chi connectivity index (χ1v) is 9.53. The van der Waals surface area contributed by atoms with Gasteiger partial charge in [-0.05, 0) is 18.4 Å². The minimum absolute atomic E-state index is 0.0750. The van der Waals surface area contributed by atoms with Crippen LogP contribution < -0.4 is 0 Å². The highest BCUT2D eigenvalue weighted by Gasteiger charge is 2.42. The molecule has 1 aromatic carbocycles. The van der Waals surface area contributed by atoms with Crippen molar-refractivity contribution in [2.45, 2.75) is 56.5 Å². The van der Waals surface area contributed by atoms with Gasteiger partial charge >= 0.3 is 0 Å². The Morgan fingerprint density at radius 1 is 1.08 bits per heavy atom. The lowest BCUT2D eigenvalue weighted by molar-refractivity contribution is -0.191. The Hall–Kier alpha value is -1.43. The first-order chi connectivity index (χ1) is 12.3. The number of benzene rings is 1. The number of hydrogen-bond donors (Lipinski definition) is 0. The summed E-state index contributed by atoms with van der Waals surface area (Å²) in [5.74, 6) is -0.378. The van der Waals surface area contributed by atoms with Crippen molar-refractivity contribution < 1.29 is 19.0 Å². The molecule has 2 aliphatic heterocycles. The molecule has 5 heteroatoms. The molecule has 3 fully saturated rings. The van der Waals surface area contributed by atoms with Gasteiger partial charge in [0, 0.05) is 25.9 Å². The van der Waals surface area contributed by atoms with Gasteiger partial charge in [0.1, 0.15) is 0 Å². The maximum Gasteiger partial charge on any atom is 0.256 e. The zero-order valence-electron chi connectivity index (χ0n) is 14.7. The van der Waals surface area contributed by atoms with Gasteiger partial charge in [-0.25, -0.2) is 0 Å². The number of likely N-dealkylation sites (tertiary alicyclic amines) is 1. The maximum absolute atomic E-state index is 13.2. The number of ether oxygens (including phenoxy) is 3. The predicted molar refractivity (Wildman–Crippen MR) is 93.0 cm³/mol. The van der Waals surface area contributed by atoms with E-state index in [0.717, 1.165) is 31.2 Å². The van der Waals surface area contributed by atoms with Gasteiger partial charge in [-0.1, -0.05) is 43.2 Å². The Labute approximate surface area is 149 Å². The quantitative estimate of drug-likeness (QED) is 0.841. The van der Waals surface area contributed by atoms with E-state index in [-0.39, 0.29) is 12.0 Å². The second-order valence-corrected chi connectivity index (χ2v) is 7.27. The van der Waals surface area contributed by atoms with E-state index in [0.29, 0.717) is 26.3 Å². The summed E-state index contributed by atoms with van der Waals surface area (Å²) < 4.78 is 17.8. The van der Waals surface area contributed by atoms with Gasteiger partial charge in [0.2, 0.25) is 0 Å². The number of nitrogens with zero attached hydrogens (tertiary/aromatic N) is 1. The van der Waals surface area contributed by atoms with Crippen molar-refractivity contribution in [2.75, 3.05) is 26.3 Å². The lowest BCUT2D eigenvalue weighted by atomic mass is 10.0. The van der Waals surface area contributed by atoms with Crippen LogP contribution in [0.3, 0.4) is 0 Å². The third kappa shape index (κ3) is 3.73. The summed E-state index contributed by atoms with van der Waals surface area (Å²) in [7, 11) is 0. The van der Waals surface area contributed by atoms with Crippen molar-refractivity contribution >= 4 is 5.91 Å². The first kappa shape index (κ1) is 17.0. The number of hydrogen-bond acceptors (Lipinski definition) is 4. The Bertz CT molecular complexity index is 569. The number of carbonyl (C=O) groups excluding carboxylic acids is 1. The number of piperidine rings is 1. The average Bonchev–Trinajstić information content (AvgIpc) is 3.33. The van der Waals surface area contributed by atoms with Crippen LogP contribution in [0.25, 0.3) is 0 Å². The van der Waals surface area contributed by atoms with Gasteiger partial charge in [0.25, 0.3) is 5.91 Å². The molecule has 1 saturated carbocycles. The van der Waals surface area contributed by atoms with Crippen molar-refractivity contribution in [1.82, 2.24) is 4.90 Å². The fraction of sp³-hybridized carbons (Fsp3) is 0.650. The summed E-state index contributed by atoms with van der Waals surface area (Å²) in [4.78, 5) is 15.1. The molecule has 1 amide bonds. The van der Waals surface area contributed by atoms with Crippen LogP contribution in [0, 0.1) is 0 Å². The highest BCUT2D eigenvalue weighted by molar-refractivity contribution is 5.82. The van der Waals surface area contributed by atoms with E-state index in [1.807, 2.05) is 35.2 Å². The molecular formula is C20H27NO4. The third-order valence-corrected chi connectivity index (χ3v) is 5.61. The second kappa shape index (κ2) is 7.44. The maximum atomic E-state index is 13.2. The summed E-state index contributed by atoms with van der Waals surface area (Å²) in [5.41, 5.74) is 0.952. The molecule has 3 aliphatic rings. The minimum atomic E-state index is -0.497. The second-order valence-electron chi connectivity index (χ2n) is 7.27. The number of amides is 1. The van der Waals surface area contributed by atoms with E-state index in [4.69, 9.17) is 14.2 Å². The van der Waals surface area contributed by atoms with Crippen molar-refractivity contribution in [3.05, 3.63) is 35.9 Å². The normalized spacial score (nSPS) is 24.7. The Balaban J connectivity index is 1.45. The molecule has 2 saturated heterocycles. The highest BCUT2D eigenvalue weighted by atomic mass is 16.7. The molecule has 0 unspecified atom stereocenters. The molecular weight excluding hydrogens is 318 g/mol. The van der Waals surface area contributed by atoms with E-state index in [1.165, 1.54) is 12.8 Å². The standard InChI is InChI=1S/C20H27NO4/c22-19(21-12-10-20(11-13-21)23-14-15-24-20)18(16-6-2-1-3-7-16)25-17-8-4-5-9-17/h1-3,6-7,17-18H,4-5,8-15H2/t18-/m0/s1. The van der Waals surface area contributed by atoms with Crippen LogP contribution in [-0.4, -0.2) is 49.0 Å². The largest absolute Gasteiger partial charge is 0.360 e. The van der Waals surface area contributed by atoms with Crippen LogP contribution in [0.5, 0.6) is 0 Å². The molecule has 1 spiro atoms. The Morgan fingerprint density at radius 3 is 2.36 bits per heavy atom. The van der Waals surface area contributed by atoms with Crippen molar-refractivity contribution in [3.63, 3.8) is 0 Å². The monoisotopic (exact) mass is 345 g/mol. The summed E-state index contributed by atoms with van der Waals surface area (Å²) in [6.45, 7) is 2.64. The average molecular weight is 345 g/mol. The van der Waals surface area contributed by atoms with Gasteiger partial charge < -0.3 is 19.1 Å². The zero-order valence-corrected chi connectivity index (χ0v) is 14.7. The van der Waals surface area contributed by atoms with E-state index in [1.54, 1.807) is 0 Å². The predicted octanol–water partition coefficient (Wildman–Crippen LogP) is 3.05. The van der Waals surface area contributed by atoms with Gasteiger partial charge in [0.15, 0.2) is 11.9 Å². The Kier molecular flexibility index (Phi) is 5.06. The lowest BCUT2D eigenvalue weighted by Gasteiger charge is -2.39. The highest BCUT2D eigenvalue weighted by Crippen LogP contribution is 2.34. The van der Waals surface area contributed by atoms with Crippen LogP contribution in [0.2, 0.25) is 0 Å². The molecule has 1 aliphatic carbocycles. The van der Waals surface area contributed by atoms with Crippen molar-refractivity contribution in [2.24, 2.45) is 0 Å².